The molecule has 1 fully saturated rings. The molecule has 0 aromatic carbocycles. The summed E-state index contributed by atoms with van der Waals surface area (Å²) in [7, 11) is 1.79. The molecule has 1 saturated heterocycles. The molecule has 2 rings (SSSR count). The Kier molecular flexibility index (Phi) is 5.16. The SMILES string of the molecule is CCCNCc1cc(C)nc(N2CCC(OC)C2)c1. The Labute approximate surface area is 116 Å². The lowest BCUT2D eigenvalue weighted by Crippen LogP contribution is -2.24. The standard InChI is InChI=1S/C15H25N3O/c1-4-6-16-10-13-8-12(2)17-15(9-13)18-7-5-14(11-18)19-3/h8-9,14,16H,4-7,10-11H2,1-3H3. The molecule has 0 saturated carbocycles. The molecule has 1 N–H and O–H groups in total. The Hall–Kier alpha value is -1.13. The first-order valence-electron chi connectivity index (χ1n) is 7.19. The molecular formula is C15H25N3O. The van der Waals surface area contributed by atoms with Gasteiger partial charge in [-0.2, -0.15) is 0 Å². The number of nitrogens with one attached hydrogen (secondary N) is 1. The van der Waals surface area contributed by atoms with Gasteiger partial charge in [0.25, 0.3) is 0 Å². The number of hydrogen-bond donors (Lipinski definition) is 1. The Morgan fingerprint density at radius 2 is 2.32 bits per heavy atom. The van der Waals surface area contributed by atoms with Crippen molar-refractivity contribution in [2.75, 3.05) is 31.6 Å². The highest BCUT2D eigenvalue weighted by atomic mass is 16.5. The molecule has 0 aliphatic carbocycles. The van der Waals surface area contributed by atoms with Crippen molar-refractivity contribution in [3.05, 3.63) is 23.4 Å². The van der Waals surface area contributed by atoms with Crippen molar-refractivity contribution in [3.8, 4) is 0 Å². The smallest absolute Gasteiger partial charge is 0.129 e. The molecule has 1 unspecified atom stereocenters. The first-order chi connectivity index (χ1) is 9.22. The molecular weight excluding hydrogens is 238 g/mol. The van der Waals surface area contributed by atoms with Gasteiger partial charge in [-0.15, -0.1) is 0 Å². The molecule has 19 heavy (non-hydrogen) atoms. The van der Waals surface area contributed by atoms with Gasteiger partial charge in [-0.1, -0.05) is 6.92 Å². The van der Waals surface area contributed by atoms with E-state index < -0.39 is 0 Å². The summed E-state index contributed by atoms with van der Waals surface area (Å²) in [6, 6.07) is 4.36. The molecule has 106 valence electrons. The number of pyridine rings is 1. The molecule has 1 aliphatic heterocycles. The lowest BCUT2D eigenvalue weighted by atomic mass is 10.2. The highest BCUT2D eigenvalue weighted by molar-refractivity contribution is 5.44. The minimum Gasteiger partial charge on any atom is -0.380 e. The van der Waals surface area contributed by atoms with Crippen LogP contribution in [0.25, 0.3) is 0 Å². The molecule has 0 bridgehead atoms. The molecule has 4 heteroatoms. The van der Waals surface area contributed by atoms with E-state index in [1.54, 1.807) is 7.11 Å². The summed E-state index contributed by atoms with van der Waals surface area (Å²) < 4.78 is 5.42. The summed E-state index contributed by atoms with van der Waals surface area (Å²) in [6.45, 7) is 8.23. The number of ether oxygens (including phenoxy) is 1. The van der Waals surface area contributed by atoms with Crippen LogP contribution in [0.1, 0.15) is 31.0 Å². The number of aromatic nitrogens is 1. The normalized spacial score (nSPS) is 19.1. The summed E-state index contributed by atoms with van der Waals surface area (Å²) in [6.07, 6.45) is 2.61. The van der Waals surface area contributed by atoms with Gasteiger partial charge >= 0.3 is 0 Å². The van der Waals surface area contributed by atoms with Gasteiger partial charge in [0, 0.05) is 32.4 Å². The van der Waals surface area contributed by atoms with Gasteiger partial charge in [-0.25, -0.2) is 4.98 Å². The van der Waals surface area contributed by atoms with E-state index in [-0.39, 0.29) is 0 Å². The molecule has 2 heterocycles. The molecule has 4 nitrogen and oxygen atoms in total. The first kappa shape index (κ1) is 14.3. The van der Waals surface area contributed by atoms with E-state index in [0.717, 1.165) is 44.1 Å². The number of nitrogens with zero attached hydrogens (tertiary/aromatic N) is 2. The van der Waals surface area contributed by atoms with Crippen LogP contribution in [-0.4, -0.2) is 37.8 Å². The predicted molar refractivity (Wildman–Crippen MR) is 78.6 cm³/mol. The van der Waals surface area contributed by atoms with Crippen molar-refractivity contribution in [3.63, 3.8) is 0 Å². The van der Waals surface area contributed by atoms with Gasteiger partial charge in [0.1, 0.15) is 5.82 Å². The highest BCUT2D eigenvalue weighted by Crippen LogP contribution is 2.21. The van der Waals surface area contributed by atoms with E-state index in [1.165, 1.54) is 12.0 Å². The average Bonchev–Trinajstić information content (AvgIpc) is 2.87. The maximum absolute atomic E-state index is 5.42. The van der Waals surface area contributed by atoms with Crippen molar-refractivity contribution < 1.29 is 4.74 Å². The van der Waals surface area contributed by atoms with Crippen LogP contribution in [0.5, 0.6) is 0 Å². The third-order valence-corrected chi connectivity index (χ3v) is 3.56. The Morgan fingerprint density at radius 3 is 3.00 bits per heavy atom. The zero-order valence-corrected chi connectivity index (χ0v) is 12.3. The average molecular weight is 263 g/mol. The van der Waals surface area contributed by atoms with Crippen LogP contribution in [-0.2, 0) is 11.3 Å². The van der Waals surface area contributed by atoms with Crippen LogP contribution >= 0.6 is 0 Å². The second kappa shape index (κ2) is 6.87. The van der Waals surface area contributed by atoms with Crippen LogP contribution in [0, 0.1) is 6.92 Å². The van der Waals surface area contributed by atoms with Crippen molar-refractivity contribution in [2.45, 2.75) is 39.3 Å². The van der Waals surface area contributed by atoms with E-state index >= 15 is 0 Å². The van der Waals surface area contributed by atoms with E-state index in [1.807, 2.05) is 0 Å². The van der Waals surface area contributed by atoms with Crippen molar-refractivity contribution in [1.29, 1.82) is 0 Å². The monoisotopic (exact) mass is 263 g/mol. The molecule has 0 radical (unpaired) electrons. The summed E-state index contributed by atoms with van der Waals surface area (Å²) in [4.78, 5) is 6.98. The molecule has 0 spiro atoms. The van der Waals surface area contributed by atoms with E-state index in [4.69, 9.17) is 4.74 Å². The van der Waals surface area contributed by atoms with Gasteiger partial charge in [0.05, 0.1) is 6.10 Å². The highest BCUT2D eigenvalue weighted by Gasteiger charge is 2.23. The fourth-order valence-electron chi connectivity index (χ4n) is 2.52. The summed E-state index contributed by atoms with van der Waals surface area (Å²) >= 11 is 0. The largest absolute Gasteiger partial charge is 0.380 e. The maximum atomic E-state index is 5.42. The van der Waals surface area contributed by atoms with E-state index in [2.05, 4.69) is 41.2 Å². The first-order valence-corrected chi connectivity index (χ1v) is 7.19. The number of anilines is 1. The summed E-state index contributed by atoms with van der Waals surface area (Å²) in [5.74, 6) is 1.09. The van der Waals surface area contributed by atoms with Crippen LogP contribution in [0.4, 0.5) is 5.82 Å². The lowest BCUT2D eigenvalue weighted by molar-refractivity contribution is 0.121. The van der Waals surface area contributed by atoms with Gasteiger partial charge in [0.2, 0.25) is 0 Å². The fraction of sp³-hybridized carbons (Fsp3) is 0.667. The van der Waals surface area contributed by atoms with Crippen LogP contribution in [0.3, 0.4) is 0 Å². The van der Waals surface area contributed by atoms with E-state index in [0.29, 0.717) is 6.10 Å². The zero-order valence-electron chi connectivity index (χ0n) is 12.3. The summed E-state index contributed by atoms with van der Waals surface area (Å²) in [5.41, 5.74) is 2.41. The number of hydrogen-bond acceptors (Lipinski definition) is 4. The predicted octanol–water partition coefficient (Wildman–Crippen LogP) is 2.11. The topological polar surface area (TPSA) is 37.4 Å². The number of methoxy groups -OCH3 is 1. The third-order valence-electron chi connectivity index (χ3n) is 3.56. The molecule has 1 atom stereocenters. The number of aryl methyl sites for hydroxylation is 1. The van der Waals surface area contributed by atoms with Gasteiger partial charge < -0.3 is 15.0 Å². The van der Waals surface area contributed by atoms with Crippen molar-refractivity contribution >= 4 is 5.82 Å². The van der Waals surface area contributed by atoms with Crippen LogP contribution in [0.15, 0.2) is 12.1 Å². The molecule has 1 aliphatic rings. The lowest BCUT2D eigenvalue weighted by Gasteiger charge is -2.19. The number of rotatable bonds is 6. The maximum Gasteiger partial charge on any atom is 0.129 e. The Balaban J connectivity index is 2.04. The second-order valence-electron chi connectivity index (χ2n) is 5.24. The van der Waals surface area contributed by atoms with Crippen molar-refractivity contribution in [2.24, 2.45) is 0 Å². The van der Waals surface area contributed by atoms with Crippen LogP contribution in [0.2, 0.25) is 0 Å². The van der Waals surface area contributed by atoms with Gasteiger partial charge in [0.15, 0.2) is 0 Å². The molecule has 1 aromatic rings. The van der Waals surface area contributed by atoms with Gasteiger partial charge in [-0.05, 0) is 44.0 Å². The molecule has 1 aromatic heterocycles. The molecule has 0 amide bonds. The van der Waals surface area contributed by atoms with Crippen molar-refractivity contribution in [1.82, 2.24) is 10.3 Å². The third kappa shape index (κ3) is 3.91. The fourth-order valence-corrected chi connectivity index (χ4v) is 2.52. The second-order valence-corrected chi connectivity index (χ2v) is 5.24. The Morgan fingerprint density at radius 1 is 1.47 bits per heavy atom. The minimum absolute atomic E-state index is 0.351. The minimum atomic E-state index is 0.351. The summed E-state index contributed by atoms with van der Waals surface area (Å²) in [5, 5.41) is 3.45. The van der Waals surface area contributed by atoms with E-state index in [9.17, 15) is 0 Å². The van der Waals surface area contributed by atoms with Crippen LogP contribution < -0.4 is 10.2 Å². The Bertz CT molecular complexity index is 408. The quantitative estimate of drug-likeness (QED) is 0.798. The van der Waals surface area contributed by atoms with Gasteiger partial charge in [-0.3, -0.25) is 0 Å². The zero-order chi connectivity index (χ0) is 13.7.